The average Bonchev–Trinajstić information content (AvgIpc) is 2.49. The van der Waals surface area contributed by atoms with Gasteiger partial charge >= 0.3 is 6.18 Å². The zero-order chi connectivity index (χ0) is 17.0. The first kappa shape index (κ1) is 16.9. The van der Waals surface area contributed by atoms with Gasteiger partial charge in [-0.05, 0) is 43.2 Å². The number of nitrogens with one attached hydrogen (secondary N) is 1. The standard InChI is InChI=1S/C17H16F3NO2/c1-11-2-7-15(22)14(10-11)16(23)21-9-8-12-3-5-13(6-4-12)17(18,19)20/h2-7,10,22H,8-9H2,1H3,(H,21,23). The summed E-state index contributed by atoms with van der Waals surface area (Å²) in [6.07, 6.45) is -3.95. The van der Waals surface area contributed by atoms with E-state index in [9.17, 15) is 23.1 Å². The van der Waals surface area contributed by atoms with Gasteiger partial charge in [0.2, 0.25) is 0 Å². The monoisotopic (exact) mass is 323 g/mol. The molecule has 0 aliphatic heterocycles. The summed E-state index contributed by atoms with van der Waals surface area (Å²) >= 11 is 0. The maximum atomic E-state index is 12.5. The van der Waals surface area contributed by atoms with Crippen LogP contribution in [0.2, 0.25) is 0 Å². The van der Waals surface area contributed by atoms with Gasteiger partial charge in [-0.15, -0.1) is 0 Å². The molecule has 0 radical (unpaired) electrons. The molecule has 122 valence electrons. The maximum absolute atomic E-state index is 12.5. The van der Waals surface area contributed by atoms with Crippen molar-refractivity contribution in [3.63, 3.8) is 0 Å². The first-order chi connectivity index (χ1) is 10.8. The predicted octanol–water partition coefficient (Wildman–Crippen LogP) is 3.69. The summed E-state index contributed by atoms with van der Waals surface area (Å²) in [4.78, 5) is 12.0. The number of hydrogen-bond acceptors (Lipinski definition) is 2. The molecule has 2 rings (SSSR count). The Bertz CT molecular complexity index is 694. The minimum Gasteiger partial charge on any atom is -0.507 e. The third-order valence-electron chi connectivity index (χ3n) is 3.38. The van der Waals surface area contributed by atoms with Gasteiger partial charge in [-0.2, -0.15) is 13.2 Å². The second-order valence-electron chi connectivity index (χ2n) is 5.22. The van der Waals surface area contributed by atoms with E-state index in [-0.39, 0.29) is 17.9 Å². The fourth-order valence-electron chi connectivity index (χ4n) is 2.11. The fraction of sp³-hybridized carbons (Fsp3) is 0.235. The van der Waals surface area contributed by atoms with Crippen LogP contribution in [0, 0.1) is 6.92 Å². The van der Waals surface area contributed by atoms with Gasteiger partial charge in [0.25, 0.3) is 5.91 Å². The number of hydrogen-bond donors (Lipinski definition) is 2. The van der Waals surface area contributed by atoms with Gasteiger partial charge in [0, 0.05) is 6.54 Å². The van der Waals surface area contributed by atoms with Crippen LogP contribution >= 0.6 is 0 Å². The van der Waals surface area contributed by atoms with Crippen molar-refractivity contribution in [2.45, 2.75) is 19.5 Å². The summed E-state index contributed by atoms with van der Waals surface area (Å²) in [7, 11) is 0. The lowest BCUT2D eigenvalue weighted by Gasteiger charge is -2.09. The topological polar surface area (TPSA) is 49.3 Å². The van der Waals surface area contributed by atoms with Crippen molar-refractivity contribution in [3.8, 4) is 5.75 Å². The number of aryl methyl sites for hydroxylation is 1. The number of carbonyl (C=O) groups is 1. The van der Waals surface area contributed by atoms with Crippen LogP contribution in [0.5, 0.6) is 5.75 Å². The molecule has 0 saturated heterocycles. The molecule has 0 aliphatic rings. The van der Waals surface area contributed by atoms with E-state index in [4.69, 9.17) is 0 Å². The number of phenolic OH excluding ortho intramolecular Hbond substituents is 1. The molecule has 0 aliphatic carbocycles. The van der Waals surface area contributed by atoms with Crippen molar-refractivity contribution in [2.24, 2.45) is 0 Å². The molecule has 0 heterocycles. The summed E-state index contributed by atoms with van der Waals surface area (Å²) in [6.45, 7) is 2.07. The Kier molecular flexibility index (Phi) is 4.93. The SMILES string of the molecule is Cc1ccc(O)c(C(=O)NCCc2ccc(C(F)(F)F)cc2)c1. The van der Waals surface area contributed by atoms with Crippen molar-refractivity contribution in [3.05, 3.63) is 64.7 Å². The molecule has 0 saturated carbocycles. The third kappa shape index (κ3) is 4.48. The number of halogens is 3. The Balaban J connectivity index is 1.92. The number of carbonyl (C=O) groups excluding carboxylic acids is 1. The van der Waals surface area contributed by atoms with Crippen LogP contribution in [0.4, 0.5) is 13.2 Å². The van der Waals surface area contributed by atoms with Crippen LogP contribution in [0.15, 0.2) is 42.5 Å². The minimum absolute atomic E-state index is 0.109. The highest BCUT2D eigenvalue weighted by Crippen LogP contribution is 2.29. The lowest BCUT2D eigenvalue weighted by atomic mass is 10.1. The molecule has 3 nitrogen and oxygen atoms in total. The Morgan fingerprint density at radius 3 is 2.39 bits per heavy atom. The Morgan fingerprint density at radius 1 is 1.13 bits per heavy atom. The van der Waals surface area contributed by atoms with E-state index in [1.807, 2.05) is 0 Å². The van der Waals surface area contributed by atoms with Crippen LogP contribution in [0.3, 0.4) is 0 Å². The van der Waals surface area contributed by atoms with Crippen LogP contribution < -0.4 is 5.32 Å². The molecule has 0 atom stereocenters. The molecule has 1 amide bonds. The molecule has 0 aromatic heterocycles. The summed E-state index contributed by atoms with van der Waals surface area (Å²) in [6, 6.07) is 9.52. The van der Waals surface area contributed by atoms with Crippen molar-refractivity contribution in [1.82, 2.24) is 5.32 Å². The van der Waals surface area contributed by atoms with Crippen molar-refractivity contribution in [1.29, 1.82) is 0 Å². The molecular weight excluding hydrogens is 307 g/mol. The zero-order valence-electron chi connectivity index (χ0n) is 12.4. The number of amides is 1. The highest BCUT2D eigenvalue weighted by Gasteiger charge is 2.29. The first-order valence-corrected chi connectivity index (χ1v) is 7.01. The predicted molar refractivity (Wildman–Crippen MR) is 80.3 cm³/mol. The molecular formula is C17H16F3NO2. The second-order valence-corrected chi connectivity index (χ2v) is 5.22. The maximum Gasteiger partial charge on any atom is 0.416 e. The summed E-state index contributed by atoms with van der Waals surface area (Å²) in [5.74, 6) is -0.527. The van der Waals surface area contributed by atoms with E-state index < -0.39 is 17.6 Å². The van der Waals surface area contributed by atoms with Crippen LogP contribution in [0.1, 0.15) is 27.0 Å². The molecule has 2 N–H and O–H groups in total. The summed E-state index contributed by atoms with van der Waals surface area (Å²) in [5.41, 5.74) is 1.01. The van der Waals surface area contributed by atoms with Gasteiger partial charge < -0.3 is 10.4 Å². The Morgan fingerprint density at radius 2 is 1.78 bits per heavy atom. The molecule has 6 heteroatoms. The Hall–Kier alpha value is -2.50. The molecule has 0 unspecified atom stereocenters. The van der Waals surface area contributed by atoms with Crippen molar-refractivity contribution < 1.29 is 23.1 Å². The van der Waals surface area contributed by atoms with Gasteiger partial charge in [-0.25, -0.2) is 0 Å². The van der Waals surface area contributed by atoms with E-state index >= 15 is 0 Å². The van der Waals surface area contributed by atoms with Crippen LogP contribution in [0.25, 0.3) is 0 Å². The van der Waals surface area contributed by atoms with Crippen LogP contribution in [-0.2, 0) is 12.6 Å². The Labute approximate surface area is 131 Å². The molecule has 0 bridgehead atoms. The number of alkyl halides is 3. The smallest absolute Gasteiger partial charge is 0.416 e. The zero-order valence-corrected chi connectivity index (χ0v) is 12.4. The molecule has 2 aromatic carbocycles. The second kappa shape index (κ2) is 6.73. The van der Waals surface area contributed by atoms with Crippen molar-refractivity contribution in [2.75, 3.05) is 6.54 Å². The lowest BCUT2D eigenvalue weighted by molar-refractivity contribution is -0.137. The third-order valence-corrected chi connectivity index (χ3v) is 3.38. The van der Waals surface area contributed by atoms with Gasteiger partial charge in [0.05, 0.1) is 11.1 Å². The van der Waals surface area contributed by atoms with E-state index in [1.165, 1.54) is 18.2 Å². The normalized spacial score (nSPS) is 11.3. The van der Waals surface area contributed by atoms with E-state index in [0.717, 1.165) is 17.7 Å². The summed E-state index contributed by atoms with van der Waals surface area (Å²) in [5, 5.41) is 12.3. The average molecular weight is 323 g/mol. The number of benzene rings is 2. The minimum atomic E-state index is -4.35. The molecule has 0 spiro atoms. The number of aromatic hydroxyl groups is 1. The lowest BCUT2D eigenvalue weighted by Crippen LogP contribution is -2.25. The highest BCUT2D eigenvalue weighted by atomic mass is 19.4. The van der Waals surface area contributed by atoms with E-state index in [0.29, 0.717) is 12.0 Å². The van der Waals surface area contributed by atoms with Crippen LogP contribution in [-0.4, -0.2) is 17.6 Å². The molecule has 23 heavy (non-hydrogen) atoms. The van der Waals surface area contributed by atoms with E-state index in [1.54, 1.807) is 19.1 Å². The molecule has 2 aromatic rings. The first-order valence-electron chi connectivity index (χ1n) is 7.01. The van der Waals surface area contributed by atoms with E-state index in [2.05, 4.69) is 5.32 Å². The van der Waals surface area contributed by atoms with Gasteiger partial charge in [0.1, 0.15) is 5.75 Å². The quantitative estimate of drug-likeness (QED) is 0.901. The molecule has 0 fully saturated rings. The van der Waals surface area contributed by atoms with Gasteiger partial charge in [-0.1, -0.05) is 23.8 Å². The highest BCUT2D eigenvalue weighted by molar-refractivity contribution is 5.96. The number of rotatable bonds is 4. The number of phenols is 1. The summed E-state index contributed by atoms with van der Waals surface area (Å²) < 4.78 is 37.4. The van der Waals surface area contributed by atoms with Crippen molar-refractivity contribution >= 4 is 5.91 Å². The van der Waals surface area contributed by atoms with Gasteiger partial charge in [-0.3, -0.25) is 4.79 Å². The fourth-order valence-corrected chi connectivity index (χ4v) is 2.11. The largest absolute Gasteiger partial charge is 0.507 e. The van der Waals surface area contributed by atoms with Gasteiger partial charge in [0.15, 0.2) is 0 Å².